The second-order valence-corrected chi connectivity index (χ2v) is 31.9. The Kier molecular flexibility index (Phi) is 25.8. The molecule has 3 aliphatic heterocycles. The molecule has 0 amide bonds. The quantitative estimate of drug-likeness (QED) is 0.0306. The predicted octanol–water partition coefficient (Wildman–Crippen LogP) is 22.1. The van der Waals surface area contributed by atoms with E-state index in [-0.39, 0.29) is 52.3 Å². The number of ether oxygens (including phenoxy) is 4. The number of aryl methyl sites for hydroxylation is 3. The average molecular weight is 1560 g/mol. The number of hydrogen-bond acceptors (Lipinski definition) is 18. The monoisotopic (exact) mass is 1560 g/mol. The lowest BCUT2D eigenvalue weighted by atomic mass is 9.97. The zero-order valence-electron chi connectivity index (χ0n) is 63.2. The molecule has 15 nitrogen and oxygen atoms in total. The Balaban J connectivity index is 0.000000146. The molecular weight excluding hydrogens is 1460 g/mol. The largest absolute Gasteiger partial charge is 0.508 e. The van der Waals surface area contributed by atoms with Crippen molar-refractivity contribution < 1.29 is 61.8 Å². The molecule has 15 rings (SSSR count). The van der Waals surface area contributed by atoms with Crippen LogP contribution in [0.15, 0.2) is 182 Å². The standard InChI is InChI=1S/C31H33FN2O3S.C30H31FN2O3S.C29H28FNO4S/c1-4-5-13-34-14-12-23(18-34)33-22-6-9-25(10-7-22)37-30-26-11-8-24(35)17-27(26)38-31(30)29(36)28-19(2)15-21(32)16-20(28)3;1-3-4-14-33-15-13-22(18-33)32-21-6-9-24(10-7-21)36-29-26-12-8-23(34)17-27(26)37-30(29)28(35)25-11-5-20(31)16-19(25)2;1-2-3-15-31-16-14-24(18-31)34-22-9-11-23(12-10-22)35-28-25-13-8-21(32)17-26(25)36-29(28)27(33)19-4-6-20(30)7-5-19/h6-11,15-17,23,33,35H,4-5,12-14,18H2,1-3H3;5-12,16-17,22,32,34H,3-4,13-15,18H2,1-2H3;4-13,17,24,32H,2-3,14-16,18H2,1H3/t23-;22-;24-/m001/s1. The number of phenolic OH excluding ortho intramolecular Hbond substituents is 3. The highest BCUT2D eigenvalue weighted by Crippen LogP contribution is 2.47. The summed E-state index contributed by atoms with van der Waals surface area (Å²) in [5.74, 6) is 2.35. The summed E-state index contributed by atoms with van der Waals surface area (Å²) in [7, 11) is 0. The molecular formula is C90H92F3N5O10S3. The van der Waals surface area contributed by atoms with Crippen molar-refractivity contribution in [2.75, 3.05) is 69.5 Å². The number of carbonyl (C=O) groups excluding carboxylic acids is 3. The second-order valence-electron chi connectivity index (χ2n) is 28.8. The van der Waals surface area contributed by atoms with Gasteiger partial charge in [0.15, 0.2) is 17.2 Å². The maximum Gasteiger partial charge on any atom is 0.207 e. The van der Waals surface area contributed by atoms with Gasteiger partial charge in [0.25, 0.3) is 0 Å². The van der Waals surface area contributed by atoms with E-state index in [0.717, 1.165) is 126 Å². The smallest absolute Gasteiger partial charge is 0.207 e. The van der Waals surface area contributed by atoms with Gasteiger partial charge in [0.05, 0.1) is 0 Å². The van der Waals surface area contributed by atoms with E-state index in [1.807, 2.05) is 72.8 Å². The third kappa shape index (κ3) is 19.6. The maximum atomic E-state index is 13.9. The van der Waals surface area contributed by atoms with Gasteiger partial charge >= 0.3 is 0 Å². The fourth-order valence-electron chi connectivity index (χ4n) is 14.4. The van der Waals surface area contributed by atoms with Crippen molar-refractivity contribution in [2.45, 2.75) is 118 Å². The molecule has 3 aromatic heterocycles. The molecule has 5 N–H and O–H groups in total. The summed E-state index contributed by atoms with van der Waals surface area (Å²) in [6.45, 7) is 21.7. The number of nitrogens with zero attached hydrogens (tertiary/aromatic N) is 3. The molecule has 0 spiro atoms. The highest BCUT2D eigenvalue weighted by molar-refractivity contribution is 7.22. The Hall–Kier alpha value is -10.3. The fourth-order valence-corrected chi connectivity index (χ4v) is 17.8. The predicted molar refractivity (Wildman–Crippen MR) is 441 cm³/mol. The Morgan fingerprint density at radius 2 is 0.811 bits per heavy atom. The second kappa shape index (κ2) is 36.3. The molecule has 0 bridgehead atoms. The first kappa shape index (κ1) is 78.8. The van der Waals surface area contributed by atoms with Crippen molar-refractivity contribution in [3.8, 4) is 57.5 Å². The first-order valence-electron chi connectivity index (χ1n) is 38.1. The van der Waals surface area contributed by atoms with Crippen molar-refractivity contribution in [1.29, 1.82) is 0 Å². The number of ketones is 3. The molecule has 9 aromatic carbocycles. The fraction of sp³-hybridized carbons (Fsp3) is 0.300. The van der Waals surface area contributed by atoms with Crippen molar-refractivity contribution >= 4 is 93.0 Å². The molecule has 576 valence electrons. The number of hydrogen-bond donors (Lipinski definition) is 5. The first-order valence-corrected chi connectivity index (χ1v) is 40.6. The van der Waals surface area contributed by atoms with E-state index >= 15 is 0 Å². The number of anilines is 2. The van der Waals surface area contributed by atoms with Crippen LogP contribution >= 0.6 is 34.0 Å². The molecule has 6 heterocycles. The molecule has 3 aliphatic rings. The summed E-state index contributed by atoms with van der Waals surface area (Å²) in [6.07, 6.45) is 10.8. The number of unbranched alkanes of at least 4 members (excludes halogenated alkanes) is 3. The number of thiophene rings is 3. The first-order chi connectivity index (χ1) is 53.7. The summed E-state index contributed by atoms with van der Waals surface area (Å²) >= 11 is 3.76. The Bertz CT molecular complexity index is 5240. The molecule has 3 saturated heterocycles. The summed E-state index contributed by atoms with van der Waals surface area (Å²) in [6, 6.07) is 51.1. The lowest BCUT2D eigenvalue weighted by Gasteiger charge is -2.17. The molecule has 12 aromatic rings. The van der Waals surface area contributed by atoms with E-state index in [4.69, 9.17) is 18.9 Å². The number of halogens is 3. The number of benzene rings is 9. The summed E-state index contributed by atoms with van der Waals surface area (Å²) in [5, 5.41) is 39.4. The molecule has 0 unspecified atom stereocenters. The summed E-state index contributed by atoms with van der Waals surface area (Å²) in [4.78, 5) is 49.2. The normalized spacial score (nSPS) is 15.8. The van der Waals surface area contributed by atoms with Crippen LogP contribution in [0.25, 0.3) is 30.3 Å². The van der Waals surface area contributed by atoms with Gasteiger partial charge in [0.1, 0.15) is 78.4 Å². The van der Waals surface area contributed by atoms with Gasteiger partial charge in [-0.3, -0.25) is 19.3 Å². The average Bonchev–Trinajstić information content (AvgIpc) is 1.63. The number of phenols is 3. The zero-order chi connectivity index (χ0) is 77.8. The Labute approximate surface area is 657 Å². The highest BCUT2D eigenvalue weighted by Gasteiger charge is 2.30. The van der Waals surface area contributed by atoms with Gasteiger partial charge in [-0.15, -0.1) is 34.0 Å². The number of aromatic hydroxyl groups is 3. The van der Waals surface area contributed by atoms with Crippen LogP contribution in [0.3, 0.4) is 0 Å². The van der Waals surface area contributed by atoms with E-state index < -0.39 is 5.82 Å². The Morgan fingerprint density at radius 1 is 0.423 bits per heavy atom. The van der Waals surface area contributed by atoms with Crippen LogP contribution in [0.2, 0.25) is 0 Å². The van der Waals surface area contributed by atoms with E-state index in [1.165, 1.54) is 127 Å². The van der Waals surface area contributed by atoms with Crippen LogP contribution in [0.1, 0.15) is 141 Å². The van der Waals surface area contributed by atoms with Gasteiger partial charge in [-0.1, -0.05) is 40.0 Å². The highest BCUT2D eigenvalue weighted by atomic mass is 32.1. The van der Waals surface area contributed by atoms with E-state index in [0.29, 0.717) is 94.6 Å². The van der Waals surface area contributed by atoms with E-state index in [9.17, 15) is 42.9 Å². The van der Waals surface area contributed by atoms with Crippen molar-refractivity contribution in [3.05, 3.63) is 247 Å². The van der Waals surface area contributed by atoms with Gasteiger partial charge in [-0.05, 0) is 278 Å². The molecule has 0 radical (unpaired) electrons. The minimum Gasteiger partial charge on any atom is -0.508 e. The van der Waals surface area contributed by atoms with Crippen LogP contribution in [-0.2, 0) is 0 Å². The number of likely N-dealkylation sites (tertiary alicyclic amines) is 3. The lowest BCUT2D eigenvalue weighted by molar-refractivity contribution is 0.103. The van der Waals surface area contributed by atoms with Crippen LogP contribution < -0.4 is 29.6 Å². The molecule has 21 heteroatoms. The number of carbonyl (C=O) groups is 3. The molecule has 111 heavy (non-hydrogen) atoms. The third-order valence-electron chi connectivity index (χ3n) is 20.3. The van der Waals surface area contributed by atoms with Crippen LogP contribution in [-0.4, -0.2) is 124 Å². The van der Waals surface area contributed by atoms with Gasteiger partial charge in [-0.25, -0.2) is 13.2 Å². The van der Waals surface area contributed by atoms with Gasteiger partial charge in [0.2, 0.25) is 17.3 Å². The van der Waals surface area contributed by atoms with Gasteiger partial charge < -0.3 is 54.7 Å². The van der Waals surface area contributed by atoms with Crippen molar-refractivity contribution in [2.24, 2.45) is 0 Å². The van der Waals surface area contributed by atoms with E-state index in [1.54, 1.807) is 75.4 Å². The molecule has 0 aliphatic carbocycles. The van der Waals surface area contributed by atoms with E-state index in [2.05, 4.69) is 46.1 Å². The third-order valence-corrected chi connectivity index (χ3v) is 23.7. The van der Waals surface area contributed by atoms with Crippen LogP contribution in [0, 0.1) is 38.2 Å². The Morgan fingerprint density at radius 3 is 1.25 bits per heavy atom. The SMILES string of the molecule is CCCCN1CC[C@@H](Oc2ccc(Oc3c(C(=O)c4ccc(F)cc4)sc4cc(O)ccc34)cc2)C1.CCCCN1CC[C@H](Nc2ccc(Oc3c(C(=O)c4c(C)cc(F)cc4C)sc4cc(O)ccc34)cc2)C1.CCCCN1CC[C@H](Nc2ccc(Oc3c(C(=O)c4ccc(F)cc4C)sc4cc(O)ccc34)cc2)C1. The van der Waals surface area contributed by atoms with Crippen LogP contribution in [0.4, 0.5) is 24.5 Å². The zero-order valence-corrected chi connectivity index (χ0v) is 65.6. The molecule has 3 atom stereocenters. The molecule has 3 fully saturated rings. The summed E-state index contributed by atoms with van der Waals surface area (Å²) < 4.78 is 68.2. The number of rotatable bonds is 27. The number of fused-ring (bicyclic) bond motifs is 3. The van der Waals surface area contributed by atoms with Crippen molar-refractivity contribution in [3.63, 3.8) is 0 Å². The van der Waals surface area contributed by atoms with Crippen LogP contribution in [0.5, 0.6) is 57.5 Å². The lowest BCUT2D eigenvalue weighted by Crippen LogP contribution is -2.26. The minimum atomic E-state index is -0.405. The molecule has 0 saturated carbocycles. The maximum absolute atomic E-state index is 13.9. The number of nitrogens with one attached hydrogen (secondary N) is 2. The topological polar surface area (TPSA) is 183 Å². The van der Waals surface area contributed by atoms with Gasteiger partial charge in [0, 0.05) is 110 Å². The summed E-state index contributed by atoms with van der Waals surface area (Å²) in [5.41, 5.74) is 5.05. The van der Waals surface area contributed by atoms with Gasteiger partial charge in [-0.2, -0.15) is 0 Å². The van der Waals surface area contributed by atoms with Crippen molar-refractivity contribution in [1.82, 2.24) is 14.7 Å². The minimum absolute atomic E-state index is 0.109.